The molecule has 0 heterocycles. The zero-order valence-electron chi connectivity index (χ0n) is 11.1. The van der Waals surface area contributed by atoms with Gasteiger partial charge in [-0.3, -0.25) is 0 Å². The molecule has 0 radical (unpaired) electrons. The van der Waals surface area contributed by atoms with Gasteiger partial charge in [-0.25, -0.2) is 0 Å². The van der Waals surface area contributed by atoms with Crippen molar-refractivity contribution in [1.82, 2.24) is 0 Å². The Hall–Kier alpha value is -0.460. The Morgan fingerprint density at radius 2 is 2.06 bits per heavy atom. The SMILES string of the molecule is C[SiH](C)[Zr]([C]1=CC=CC1)[CH]1C=Cc2ccccc21. The van der Waals surface area contributed by atoms with Crippen molar-refractivity contribution in [2.24, 2.45) is 0 Å². The molecule has 1 unspecified atom stereocenters. The summed E-state index contributed by atoms with van der Waals surface area (Å²) in [7, 11) is 0. The third-order valence-electron chi connectivity index (χ3n) is 3.90. The zero-order valence-corrected chi connectivity index (χ0v) is 14.7. The van der Waals surface area contributed by atoms with E-state index in [9.17, 15) is 0 Å². The van der Waals surface area contributed by atoms with Crippen molar-refractivity contribution in [3.63, 3.8) is 0 Å². The molecule has 0 bridgehead atoms. The van der Waals surface area contributed by atoms with Crippen molar-refractivity contribution in [3.8, 4) is 0 Å². The van der Waals surface area contributed by atoms with Gasteiger partial charge in [-0.1, -0.05) is 0 Å². The fourth-order valence-corrected chi connectivity index (χ4v) is 23.1. The first-order valence-corrected chi connectivity index (χ1v) is 16.6. The maximum atomic E-state index is 2.57. The molecule has 0 fully saturated rings. The minimum absolute atomic E-state index is 0.513. The molecule has 2 heteroatoms. The molecule has 1 aromatic rings. The summed E-state index contributed by atoms with van der Waals surface area (Å²) in [5.74, 6) is -0.513. The van der Waals surface area contributed by atoms with Crippen molar-refractivity contribution >= 4 is 12.0 Å². The Morgan fingerprint density at radius 3 is 2.78 bits per heavy atom. The fraction of sp³-hybridized carbons (Fsp3) is 0.250. The normalized spacial score (nSPS) is 20.4. The summed E-state index contributed by atoms with van der Waals surface area (Å²) in [5, 5.41) is 0. The van der Waals surface area contributed by atoms with Crippen LogP contribution < -0.4 is 0 Å². The Morgan fingerprint density at radius 1 is 1.22 bits per heavy atom. The van der Waals surface area contributed by atoms with Crippen LogP contribution in [0.4, 0.5) is 0 Å². The molecule has 0 N–H and O–H groups in total. The molecular weight excluding hydrogens is 311 g/mol. The predicted octanol–water partition coefficient (Wildman–Crippen LogP) is 4.20. The molecule has 1 atom stereocenters. The Balaban J connectivity index is 1.96. The molecule has 18 heavy (non-hydrogen) atoms. The standard InChI is InChI=1S/C9H7.C5H5.C2H7Si.Zr/c1-2-5-9-7-3-6-8(9)4-1;1-2-4-5-3-1;1-3-2;/h1-7H;1-3H,4H2;3H,1-2H3;. The fourth-order valence-electron chi connectivity index (χ4n) is 3.11. The third kappa shape index (κ3) is 2.21. The van der Waals surface area contributed by atoms with E-state index in [4.69, 9.17) is 0 Å². The molecule has 0 aromatic heterocycles. The van der Waals surface area contributed by atoms with Crippen molar-refractivity contribution in [1.29, 1.82) is 0 Å². The van der Waals surface area contributed by atoms with Crippen LogP contribution in [0.2, 0.25) is 13.1 Å². The summed E-state index contributed by atoms with van der Waals surface area (Å²) in [6, 6.07) is 9.01. The van der Waals surface area contributed by atoms with Gasteiger partial charge in [0.25, 0.3) is 0 Å². The summed E-state index contributed by atoms with van der Waals surface area (Å²) in [5.41, 5.74) is 3.10. The van der Waals surface area contributed by atoms with Gasteiger partial charge in [0.1, 0.15) is 0 Å². The number of allylic oxidation sites excluding steroid dienone is 5. The molecular formula is C16H19SiZr. The van der Waals surface area contributed by atoms with Crippen molar-refractivity contribution < 1.29 is 20.9 Å². The second-order valence-electron chi connectivity index (χ2n) is 5.40. The molecule has 1 aromatic carbocycles. The topological polar surface area (TPSA) is 0 Å². The maximum absolute atomic E-state index is 2.57. The average molecular weight is 331 g/mol. The van der Waals surface area contributed by atoms with Crippen LogP contribution in [0.15, 0.2) is 51.9 Å². The molecule has 2 aliphatic rings. The van der Waals surface area contributed by atoms with Crippen LogP contribution in [0.3, 0.4) is 0 Å². The Bertz CT molecular complexity index is 540. The van der Waals surface area contributed by atoms with Gasteiger partial charge in [-0.15, -0.1) is 0 Å². The molecule has 3 rings (SSSR count). The summed E-state index contributed by atoms with van der Waals surface area (Å²) in [6.45, 7) is 5.14. The predicted molar refractivity (Wildman–Crippen MR) is 78.9 cm³/mol. The van der Waals surface area contributed by atoms with Crippen molar-refractivity contribution in [3.05, 3.63) is 63.0 Å². The molecule has 0 aliphatic heterocycles. The van der Waals surface area contributed by atoms with Crippen LogP contribution in [-0.2, 0) is 20.9 Å². The van der Waals surface area contributed by atoms with E-state index in [-0.39, 0.29) is 0 Å². The first-order valence-electron chi connectivity index (χ1n) is 6.77. The first-order chi connectivity index (χ1) is 8.77. The quantitative estimate of drug-likeness (QED) is 0.729. The minimum atomic E-state index is -1.45. The molecule has 91 valence electrons. The van der Waals surface area contributed by atoms with Gasteiger partial charge in [-0.05, 0) is 0 Å². The third-order valence-corrected chi connectivity index (χ3v) is 24.3. The summed E-state index contributed by atoms with van der Waals surface area (Å²) >= 11 is -1.45. The number of fused-ring (bicyclic) bond motifs is 1. The number of benzene rings is 1. The van der Waals surface area contributed by atoms with E-state index in [0.717, 1.165) is 3.63 Å². The van der Waals surface area contributed by atoms with Crippen molar-refractivity contribution in [2.45, 2.75) is 23.1 Å². The summed E-state index contributed by atoms with van der Waals surface area (Å²) in [6.07, 6.45) is 13.2. The second kappa shape index (κ2) is 5.27. The monoisotopic (exact) mass is 329 g/mol. The number of rotatable bonds is 3. The zero-order chi connectivity index (χ0) is 12.5. The van der Waals surface area contributed by atoms with Crippen LogP contribution in [0.25, 0.3) is 6.08 Å². The van der Waals surface area contributed by atoms with Crippen LogP contribution in [0.5, 0.6) is 0 Å². The summed E-state index contributed by atoms with van der Waals surface area (Å²) < 4.78 is 2.67. The van der Waals surface area contributed by atoms with E-state index in [1.54, 1.807) is 5.56 Å². The van der Waals surface area contributed by atoms with E-state index < -0.39 is 26.8 Å². The van der Waals surface area contributed by atoms with E-state index in [1.807, 2.05) is 3.28 Å². The van der Waals surface area contributed by atoms with Crippen molar-refractivity contribution in [2.75, 3.05) is 0 Å². The number of hydrogen-bond acceptors (Lipinski definition) is 0. The van der Waals surface area contributed by atoms with Crippen LogP contribution in [0.1, 0.15) is 21.2 Å². The average Bonchev–Trinajstić information content (AvgIpc) is 3.00. The van der Waals surface area contributed by atoms with E-state index in [0.29, 0.717) is 0 Å². The molecule has 0 spiro atoms. The molecule has 0 saturated heterocycles. The van der Waals surface area contributed by atoms with Gasteiger partial charge < -0.3 is 0 Å². The van der Waals surface area contributed by atoms with Gasteiger partial charge in [0.05, 0.1) is 0 Å². The van der Waals surface area contributed by atoms with E-state index in [2.05, 4.69) is 67.7 Å². The van der Waals surface area contributed by atoms with Gasteiger partial charge in [0.2, 0.25) is 0 Å². The van der Waals surface area contributed by atoms with Crippen LogP contribution in [0, 0.1) is 0 Å². The molecule has 0 amide bonds. The molecule has 0 saturated carbocycles. The van der Waals surface area contributed by atoms with Gasteiger partial charge in [0.15, 0.2) is 0 Å². The Labute approximate surface area is 118 Å². The van der Waals surface area contributed by atoms with E-state index in [1.165, 1.54) is 12.0 Å². The molecule has 2 aliphatic carbocycles. The molecule has 0 nitrogen and oxygen atoms in total. The van der Waals surface area contributed by atoms with Gasteiger partial charge in [-0.2, -0.15) is 0 Å². The second-order valence-corrected chi connectivity index (χ2v) is 25.3. The van der Waals surface area contributed by atoms with E-state index >= 15 is 0 Å². The Kier molecular flexibility index (Phi) is 3.68. The van der Waals surface area contributed by atoms with Crippen LogP contribution >= 0.6 is 0 Å². The summed E-state index contributed by atoms with van der Waals surface area (Å²) in [4.78, 5) is 0. The number of hydrogen-bond donors (Lipinski definition) is 0. The first kappa shape index (κ1) is 12.6. The van der Waals surface area contributed by atoms with Crippen LogP contribution in [-0.4, -0.2) is 5.92 Å². The van der Waals surface area contributed by atoms with Gasteiger partial charge in [0, 0.05) is 0 Å². The van der Waals surface area contributed by atoms with Gasteiger partial charge >= 0.3 is 119 Å².